The van der Waals surface area contributed by atoms with E-state index in [0.29, 0.717) is 22.7 Å². The molecule has 0 spiro atoms. The van der Waals surface area contributed by atoms with Crippen LogP contribution in [0.15, 0.2) is 48.5 Å². The number of nitrogens with one attached hydrogen (secondary N) is 1. The summed E-state index contributed by atoms with van der Waals surface area (Å²) < 4.78 is 25.1. The Bertz CT molecular complexity index is 904. The molecule has 0 aromatic heterocycles. The molecule has 136 valence electrons. The predicted molar refractivity (Wildman–Crippen MR) is 101 cm³/mol. The number of benzene rings is 2. The molecule has 26 heavy (non-hydrogen) atoms. The summed E-state index contributed by atoms with van der Waals surface area (Å²) in [5.41, 5.74) is 1.90. The van der Waals surface area contributed by atoms with Gasteiger partial charge in [0.05, 0.1) is 24.4 Å². The Kier molecular flexibility index (Phi) is 6.75. The first-order valence-corrected chi connectivity index (χ1v) is 10.00. The van der Waals surface area contributed by atoms with E-state index < -0.39 is 15.9 Å². The number of amides is 1. The molecule has 6 nitrogen and oxygen atoms in total. The van der Waals surface area contributed by atoms with Crippen molar-refractivity contribution in [3.05, 3.63) is 64.7 Å². The molecule has 1 amide bonds. The Balaban J connectivity index is 1.99. The summed E-state index contributed by atoms with van der Waals surface area (Å²) >= 11 is 5.83. The molecule has 0 aliphatic carbocycles. The van der Waals surface area contributed by atoms with E-state index in [-0.39, 0.29) is 13.1 Å². The third kappa shape index (κ3) is 6.15. The number of anilines is 1. The van der Waals surface area contributed by atoms with Gasteiger partial charge in [-0.15, -0.1) is 0 Å². The van der Waals surface area contributed by atoms with Gasteiger partial charge in [0.1, 0.15) is 0 Å². The zero-order valence-corrected chi connectivity index (χ0v) is 15.7. The molecule has 1 N–H and O–H groups in total. The van der Waals surface area contributed by atoms with Gasteiger partial charge in [0.2, 0.25) is 15.9 Å². The lowest BCUT2D eigenvalue weighted by Gasteiger charge is -2.19. The van der Waals surface area contributed by atoms with Crippen molar-refractivity contribution in [3.8, 4) is 6.07 Å². The summed E-state index contributed by atoms with van der Waals surface area (Å²) in [4.78, 5) is 12.2. The van der Waals surface area contributed by atoms with Gasteiger partial charge in [-0.25, -0.2) is 8.42 Å². The minimum atomic E-state index is -3.54. The first-order valence-electron chi connectivity index (χ1n) is 7.77. The number of hydrogen-bond acceptors (Lipinski definition) is 4. The highest BCUT2D eigenvalue weighted by Gasteiger charge is 2.20. The maximum Gasteiger partial charge on any atom is 0.239 e. The Morgan fingerprint density at radius 3 is 2.31 bits per heavy atom. The fourth-order valence-electron chi connectivity index (χ4n) is 2.26. The highest BCUT2D eigenvalue weighted by molar-refractivity contribution is 7.88. The zero-order valence-electron chi connectivity index (χ0n) is 14.1. The van der Waals surface area contributed by atoms with Crippen molar-refractivity contribution in [2.75, 3.05) is 24.7 Å². The van der Waals surface area contributed by atoms with Gasteiger partial charge in [-0.3, -0.25) is 4.79 Å². The average molecular weight is 392 g/mol. The van der Waals surface area contributed by atoms with Crippen LogP contribution in [0, 0.1) is 11.3 Å². The molecule has 0 aliphatic rings. The fourth-order valence-corrected chi connectivity index (χ4v) is 3.16. The predicted octanol–water partition coefficient (Wildman–Crippen LogP) is 2.65. The quantitative estimate of drug-likeness (QED) is 0.785. The normalized spacial score (nSPS) is 11.2. The van der Waals surface area contributed by atoms with E-state index in [1.807, 2.05) is 18.2 Å². The van der Waals surface area contributed by atoms with Gasteiger partial charge in [0.15, 0.2) is 0 Å². The van der Waals surface area contributed by atoms with E-state index in [9.17, 15) is 13.2 Å². The molecule has 0 unspecified atom stereocenters. The lowest BCUT2D eigenvalue weighted by Crippen LogP contribution is -2.38. The van der Waals surface area contributed by atoms with Crippen molar-refractivity contribution >= 4 is 33.2 Å². The summed E-state index contributed by atoms with van der Waals surface area (Å²) in [7, 11) is -3.54. The summed E-state index contributed by atoms with van der Waals surface area (Å²) in [6, 6.07) is 15.4. The number of carbonyl (C=O) groups excluding carboxylic acids is 1. The first kappa shape index (κ1) is 19.9. The largest absolute Gasteiger partial charge is 0.325 e. The summed E-state index contributed by atoms with van der Waals surface area (Å²) in [6.45, 7) is -0.103. The fraction of sp³-hybridized carbons (Fsp3) is 0.222. The monoisotopic (exact) mass is 391 g/mol. The van der Waals surface area contributed by atoms with E-state index >= 15 is 0 Å². The third-order valence-corrected chi connectivity index (χ3v) is 5.15. The molecule has 2 aromatic carbocycles. The van der Waals surface area contributed by atoms with E-state index in [1.54, 1.807) is 36.4 Å². The Labute approximate surface area is 158 Å². The van der Waals surface area contributed by atoms with Crippen LogP contribution >= 0.6 is 11.6 Å². The maximum atomic E-state index is 12.2. The second-order valence-corrected chi connectivity index (χ2v) is 8.13. The Morgan fingerprint density at radius 2 is 1.77 bits per heavy atom. The molecule has 8 heteroatoms. The first-order chi connectivity index (χ1) is 12.3. The minimum absolute atomic E-state index is 0.182. The SMILES string of the molecule is CS(=O)(=O)N(CCc1ccc(Cl)cc1)CC(=O)Nc1ccc(C#N)cc1. The van der Waals surface area contributed by atoms with Crippen molar-refractivity contribution in [1.29, 1.82) is 5.26 Å². The molecule has 0 heterocycles. The van der Waals surface area contributed by atoms with E-state index in [0.717, 1.165) is 16.1 Å². The van der Waals surface area contributed by atoms with Gasteiger partial charge < -0.3 is 5.32 Å². The van der Waals surface area contributed by atoms with Crippen LogP contribution in [0.2, 0.25) is 5.02 Å². The molecule has 0 fully saturated rings. The number of nitrogens with zero attached hydrogens (tertiary/aromatic N) is 2. The second kappa shape index (κ2) is 8.81. The van der Waals surface area contributed by atoms with Crippen LogP contribution in [0.1, 0.15) is 11.1 Å². The highest BCUT2D eigenvalue weighted by Crippen LogP contribution is 2.12. The van der Waals surface area contributed by atoms with E-state index in [1.165, 1.54) is 0 Å². The van der Waals surface area contributed by atoms with Gasteiger partial charge in [-0.2, -0.15) is 9.57 Å². The van der Waals surface area contributed by atoms with Crippen molar-refractivity contribution in [3.63, 3.8) is 0 Å². The Hall–Kier alpha value is -2.40. The molecule has 0 saturated carbocycles. The molecular formula is C18H18ClN3O3S. The van der Waals surface area contributed by atoms with Crippen LogP contribution in [0.5, 0.6) is 0 Å². The van der Waals surface area contributed by atoms with Crippen LogP contribution in [0.4, 0.5) is 5.69 Å². The molecule has 2 aromatic rings. The van der Waals surface area contributed by atoms with Crippen LogP contribution in [0.3, 0.4) is 0 Å². The van der Waals surface area contributed by atoms with Gasteiger partial charge in [-0.05, 0) is 48.4 Å². The highest BCUT2D eigenvalue weighted by atomic mass is 35.5. The standard InChI is InChI=1S/C18H18ClN3O3S/c1-26(24,25)22(11-10-14-2-6-16(19)7-3-14)13-18(23)21-17-8-4-15(12-20)5-9-17/h2-9H,10-11,13H2,1H3,(H,21,23). The van der Waals surface area contributed by atoms with Crippen molar-refractivity contribution in [2.45, 2.75) is 6.42 Å². The average Bonchev–Trinajstić information content (AvgIpc) is 2.59. The molecule has 2 rings (SSSR count). The minimum Gasteiger partial charge on any atom is -0.325 e. The number of halogens is 1. The van der Waals surface area contributed by atoms with Gasteiger partial charge >= 0.3 is 0 Å². The van der Waals surface area contributed by atoms with E-state index in [2.05, 4.69) is 5.32 Å². The van der Waals surface area contributed by atoms with Crippen molar-refractivity contribution in [1.82, 2.24) is 4.31 Å². The summed E-state index contributed by atoms with van der Waals surface area (Å²) in [5.74, 6) is -0.448. The van der Waals surface area contributed by atoms with Crippen LogP contribution in [0.25, 0.3) is 0 Å². The smallest absolute Gasteiger partial charge is 0.239 e. The summed E-state index contributed by atoms with van der Waals surface area (Å²) in [5, 5.41) is 12.0. The summed E-state index contributed by atoms with van der Waals surface area (Å²) in [6.07, 6.45) is 1.54. The number of sulfonamides is 1. The number of rotatable bonds is 7. The van der Waals surface area contributed by atoms with Crippen LogP contribution in [-0.2, 0) is 21.2 Å². The topological polar surface area (TPSA) is 90.3 Å². The van der Waals surface area contributed by atoms with Crippen LogP contribution in [-0.4, -0.2) is 38.0 Å². The molecule has 0 atom stereocenters. The number of carbonyl (C=O) groups is 1. The molecule has 0 radical (unpaired) electrons. The number of nitriles is 1. The number of hydrogen-bond donors (Lipinski definition) is 1. The zero-order chi connectivity index (χ0) is 19.2. The van der Waals surface area contributed by atoms with Gasteiger partial charge in [0, 0.05) is 17.3 Å². The third-order valence-electron chi connectivity index (χ3n) is 3.65. The van der Waals surface area contributed by atoms with Crippen molar-refractivity contribution < 1.29 is 13.2 Å². The van der Waals surface area contributed by atoms with Crippen molar-refractivity contribution in [2.24, 2.45) is 0 Å². The van der Waals surface area contributed by atoms with Gasteiger partial charge in [0.25, 0.3) is 0 Å². The molecule has 0 bridgehead atoms. The molecule has 0 saturated heterocycles. The van der Waals surface area contributed by atoms with E-state index in [4.69, 9.17) is 16.9 Å². The van der Waals surface area contributed by atoms with Gasteiger partial charge in [-0.1, -0.05) is 23.7 Å². The lowest BCUT2D eigenvalue weighted by atomic mass is 10.1. The molecular weight excluding hydrogens is 374 g/mol. The van der Waals surface area contributed by atoms with Crippen LogP contribution < -0.4 is 5.32 Å². The Morgan fingerprint density at radius 1 is 1.15 bits per heavy atom. The second-order valence-electron chi connectivity index (χ2n) is 5.71. The lowest BCUT2D eigenvalue weighted by molar-refractivity contribution is -0.116. The molecule has 0 aliphatic heterocycles. The maximum absolute atomic E-state index is 12.2.